The van der Waals surface area contributed by atoms with Crippen LogP contribution in [-0.4, -0.2) is 47.8 Å². The lowest BCUT2D eigenvalue weighted by molar-refractivity contribution is 0.0981. The van der Waals surface area contributed by atoms with Crippen LogP contribution in [0.3, 0.4) is 0 Å². The third-order valence-electron chi connectivity index (χ3n) is 8.65. The zero-order valence-electron chi connectivity index (χ0n) is 21.8. The number of rotatable bonds is 6. The molecule has 3 aliphatic rings. The highest BCUT2D eigenvalue weighted by Gasteiger charge is 2.61. The summed E-state index contributed by atoms with van der Waals surface area (Å²) in [5, 5.41) is 1.19. The van der Waals surface area contributed by atoms with Gasteiger partial charge in [0, 0.05) is 65.1 Å². The molecule has 8 heteroatoms. The lowest BCUT2D eigenvalue weighted by Gasteiger charge is -2.24. The van der Waals surface area contributed by atoms with Crippen LogP contribution >= 0.6 is 0 Å². The van der Waals surface area contributed by atoms with Crippen LogP contribution in [0, 0.1) is 0 Å². The van der Waals surface area contributed by atoms with Crippen molar-refractivity contribution in [3.63, 3.8) is 0 Å². The molecule has 2 heterocycles. The Labute approximate surface area is 224 Å². The highest BCUT2D eigenvalue weighted by atomic mass is 32.2. The number of hydrogen-bond acceptors (Lipinski definition) is 3. The van der Waals surface area contributed by atoms with Gasteiger partial charge in [-0.2, -0.15) is 0 Å². The fourth-order valence-electron chi connectivity index (χ4n) is 6.76. The van der Waals surface area contributed by atoms with Gasteiger partial charge in [0.25, 0.3) is 5.91 Å². The topological polar surface area (TPSA) is 71.4 Å². The van der Waals surface area contributed by atoms with Gasteiger partial charge in [-0.3, -0.25) is 13.7 Å². The molecule has 4 unspecified atom stereocenters. The van der Waals surface area contributed by atoms with E-state index in [1.54, 1.807) is 14.1 Å². The summed E-state index contributed by atoms with van der Waals surface area (Å²) in [4.78, 5) is 13.0. The fourth-order valence-corrected chi connectivity index (χ4v) is 8.86. The number of carbonyl (C=O) groups excluding carboxylic acids is 1. The van der Waals surface area contributed by atoms with Crippen molar-refractivity contribution in [1.29, 1.82) is 0 Å². The summed E-state index contributed by atoms with van der Waals surface area (Å²) in [6.07, 6.45) is 7.05. The lowest BCUT2D eigenvalue weighted by Crippen LogP contribution is -2.34. The summed E-state index contributed by atoms with van der Waals surface area (Å²) in [5.74, 6) is 1.07. The molecule has 196 valence electrons. The van der Waals surface area contributed by atoms with Crippen molar-refractivity contribution >= 4 is 38.8 Å². The Balaban J connectivity index is 1.59. The van der Waals surface area contributed by atoms with Crippen LogP contribution in [0.15, 0.2) is 42.5 Å². The summed E-state index contributed by atoms with van der Waals surface area (Å²) in [5.41, 5.74) is 6.75. The van der Waals surface area contributed by atoms with E-state index in [0.29, 0.717) is 29.7 Å². The van der Waals surface area contributed by atoms with Crippen LogP contribution < -0.4 is 4.72 Å². The lowest BCUT2D eigenvalue weighted by atomic mass is 9.81. The average molecular weight is 538 g/mol. The molecular weight excluding hydrogens is 502 g/mol. The number of benzene rings is 2. The molecular formula is C29H35N3O3S2. The first-order chi connectivity index (χ1) is 17.9. The molecule has 0 spiro atoms. The number of fused-ring (bicyclic) bond motifs is 7. The second-order valence-electron chi connectivity index (χ2n) is 11.0. The van der Waals surface area contributed by atoms with Gasteiger partial charge in [-0.25, -0.2) is 8.51 Å². The highest BCUT2D eigenvalue weighted by molar-refractivity contribution is 7.86. The molecule has 0 saturated heterocycles. The van der Waals surface area contributed by atoms with Gasteiger partial charge in [-0.05, 0) is 48.4 Å². The van der Waals surface area contributed by atoms with E-state index in [4.69, 9.17) is 0 Å². The number of nitrogens with one attached hydrogen (secondary N) is 1. The largest absolute Gasteiger partial charge is 0.339 e. The first kappa shape index (κ1) is 25.0. The van der Waals surface area contributed by atoms with Gasteiger partial charge in [-0.1, -0.05) is 56.5 Å². The monoisotopic (exact) mass is 537 g/mol. The van der Waals surface area contributed by atoms with Crippen molar-refractivity contribution in [3.05, 3.63) is 59.2 Å². The van der Waals surface area contributed by atoms with Crippen LogP contribution in [0.5, 0.6) is 0 Å². The number of carbonyl (C=O) groups is 1. The van der Waals surface area contributed by atoms with Gasteiger partial charge in [-0.15, -0.1) is 0 Å². The molecule has 2 saturated carbocycles. The minimum absolute atomic E-state index is 0.267. The molecule has 0 radical (unpaired) electrons. The van der Waals surface area contributed by atoms with Crippen molar-refractivity contribution in [3.8, 4) is 11.3 Å². The molecule has 2 aliphatic carbocycles. The molecule has 4 atom stereocenters. The predicted octanol–water partition coefficient (Wildman–Crippen LogP) is 5.23. The summed E-state index contributed by atoms with van der Waals surface area (Å²) < 4.78 is 32.0. The van der Waals surface area contributed by atoms with Gasteiger partial charge in [0.1, 0.15) is 0 Å². The van der Waals surface area contributed by atoms with Crippen LogP contribution in [0.4, 0.5) is 0 Å². The molecule has 6 rings (SSSR count). The van der Waals surface area contributed by atoms with E-state index in [-0.39, 0.29) is 10.7 Å². The Bertz CT molecular complexity index is 1440. The molecule has 3 aromatic rings. The van der Waals surface area contributed by atoms with Crippen LogP contribution in [0.2, 0.25) is 0 Å². The van der Waals surface area contributed by atoms with Crippen molar-refractivity contribution in [2.45, 2.75) is 68.6 Å². The molecule has 6 nitrogen and oxygen atoms in total. The maximum Gasteiger partial charge on any atom is 0.264 e. The molecule has 37 heavy (non-hydrogen) atoms. The Morgan fingerprint density at radius 1 is 1.11 bits per heavy atom. The number of aromatic nitrogens is 1. The minimum Gasteiger partial charge on any atom is -0.339 e. The van der Waals surface area contributed by atoms with Crippen molar-refractivity contribution < 1.29 is 13.2 Å². The standard InChI is InChI=1S/C29H35N3O3S2/c1-4-36(34)29-17-24(29)21-12-8-9-13-22(21)27-26(19-10-6-5-7-11-19)23-15-14-20(16-25(23)32(27)18-29)28(33)30-37(35)31(2)3/h8-9,12-16,19,24H,4-7,10-11,17-18H2,1-3H3,(H,30,33). The van der Waals surface area contributed by atoms with E-state index in [1.807, 2.05) is 19.1 Å². The van der Waals surface area contributed by atoms with Crippen molar-refractivity contribution in [2.75, 3.05) is 19.8 Å². The van der Waals surface area contributed by atoms with Gasteiger partial charge < -0.3 is 4.57 Å². The minimum atomic E-state index is -1.60. The SMILES string of the molecule is CCS(=O)C12CC1c1ccccc1-c1c(C3CCCCC3)c3ccc(C(=O)NS(=O)N(C)C)cc3n1C2. The molecule has 2 fully saturated rings. The zero-order chi connectivity index (χ0) is 25.9. The number of nitrogens with zero attached hydrogens (tertiary/aromatic N) is 2. The van der Waals surface area contributed by atoms with E-state index in [2.05, 4.69) is 39.6 Å². The van der Waals surface area contributed by atoms with Crippen LogP contribution in [0.1, 0.15) is 78.8 Å². The highest BCUT2D eigenvalue weighted by Crippen LogP contribution is 2.62. The molecule has 2 aromatic carbocycles. The summed E-state index contributed by atoms with van der Waals surface area (Å²) in [7, 11) is 2.39. The van der Waals surface area contributed by atoms with E-state index in [1.165, 1.54) is 64.2 Å². The Kier molecular flexibility index (Phi) is 6.40. The normalized spacial score (nSPS) is 24.6. The Morgan fingerprint density at radius 3 is 2.59 bits per heavy atom. The van der Waals surface area contributed by atoms with Crippen LogP contribution in [0.25, 0.3) is 22.2 Å². The molecule has 1 amide bonds. The maximum absolute atomic E-state index is 13.5. The second-order valence-corrected chi connectivity index (χ2v) is 14.5. The summed E-state index contributed by atoms with van der Waals surface area (Å²) >= 11 is -1.60. The Morgan fingerprint density at radius 2 is 1.86 bits per heavy atom. The number of hydrogen-bond donors (Lipinski definition) is 1. The van der Waals surface area contributed by atoms with E-state index < -0.39 is 22.0 Å². The number of amides is 1. The smallest absolute Gasteiger partial charge is 0.264 e. The Hall–Kier alpha value is -2.29. The van der Waals surface area contributed by atoms with Gasteiger partial charge in [0.05, 0.1) is 10.4 Å². The summed E-state index contributed by atoms with van der Waals surface area (Å²) in [6.45, 7) is 2.71. The average Bonchev–Trinajstić information content (AvgIpc) is 3.58. The molecule has 1 aromatic heterocycles. The third-order valence-corrected chi connectivity index (χ3v) is 11.7. The maximum atomic E-state index is 13.5. The first-order valence-electron chi connectivity index (χ1n) is 13.4. The van der Waals surface area contributed by atoms with E-state index in [9.17, 15) is 13.2 Å². The van der Waals surface area contributed by atoms with E-state index in [0.717, 1.165) is 11.9 Å². The molecule has 0 bridgehead atoms. The molecule has 1 aliphatic heterocycles. The second kappa shape index (κ2) is 9.47. The summed E-state index contributed by atoms with van der Waals surface area (Å²) in [6, 6.07) is 14.6. The first-order valence-corrected chi connectivity index (χ1v) is 15.8. The van der Waals surface area contributed by atoms with E-state index >= 15 is 0 Å². The van der Waals surface area contributed by atoms with Crippen molar-refractivity contribution in [2.24, 2.45) is 0 Å². The fraction of sp³-hybridized carbons (Fsp3) is 0.483. The van der Waals surface area contributed by atoms with Crippen molar-refractivity contribution in [1.82, 2.24) is 13.6 Å². The van der Waals surface area contributed by atoms with Gasteiger partial charge in [0.2, 0.25) is 0 Å². The zero-order valence-corrected chi connectivity index (χ0v) is 23.4. The molecule has 1 N–H and O–H groups in total. The van der Waals surface area contributed by atoms with Crippen LogP contribution in [-0.2, 0) is 28.5 Å². The van der Waals surface area contributed by atoms with Gasteiger partial charge >= 0.3 is 0 Å². The quantitative estimate of drug-likeness (QED) is 0.468. The predicted molar refractivity (Wildman–Crippen MR) is 151 cm³/mol. The third kappa shape index (κ3) is 4.03. The van der Waals surface area contributed by atoms with Gasteiger partial charge in [0.15, 0.2) is 11.2 Å².